The van der Waals surface area contributed by atoms with Crippen LogP contribution in [0.2, 0.25) is 5.02 Å². The van der Waals surface area contributed by atoms with E-state index in [2.05, 4.69) is 10.8 Å². The zero-order valence-electron chi connectivity index (χ0n) is 11.1. The van der Waals surface area contributed by atoms with Crippen molar-refractivity contribution in [1.29, 1.82) is 0 Å². The monoisotopic (exact) mass is 286 g/mol. The molecule has 4 heteroatoms. The maximum atomic E-state index is 5.95. The van der Waals surface area contributed by atoms with Gasteiger partial charge in [0.25, 0.3) is 0 Å². The summed E-state index contributed by atoms with van der Waals surface area (Å²) in [4.78, 5) is 0. The highest BCUT2D eigenvalue weighted by molar-refractivity contribution is 6.30. The van der Waals surface area contributed by atoms with Crippen LogP contribution < -0.4 is 10.5 Å². The predicted molar refractivity (Wildman–Crippen MR) is 83.1 cm³/mol. The number of nitrogens with two attached hydrogens (primary N) is 1. The van der Waals surface area contributed by atoms with Gasteiger partial charge in [-0.2, -0.15) is 0 Å². The summed E-state index contributed by atoms with van der Waals surface area (Å²) < 4.78 is 7.85. The van der Waals surface area contributed by atoms with Crippen LogP contribution in [0.3, 0.4) is 0 Å². The Balaban J connectivity index is 1.88. The van der Waals surface area contributed by atoms with E-state index in [1.165, 1.54) is 0 Å². The molecule has 20 heavy (non-hydrogen) atoms. The standard InChI is InChI=1S/C16H15ClN2O/c1-19-9-11(15-6-5-13(18)8-16(15)19)10-20-14-4-2-3-12(17)7-14/h2-9H,10,18H2,1H3. The second-order valence-electron chi connectivity index (χ2n) is 4.79. The van der Waals surface area contributed by atoms with Gasteiger partial charge in [0, 0.05) is 34.9 Å². The molecule has 1 heterocycles. The number of nitrogens with zero attached hydrogens (tertiary/aromatic N) is 1. The van der Waals surface area contributed by atoms with E-state index in [1.807, 2.05) is 49.5 Å². The van der Waals surface area contributed by atoms with E-state index in [-0.39, 0.29) is 0 Å². The van der Waals surface area contributed by atoms with Gasteiger partial charge in [-0.05, 0) is 30.3 Å². The molecule has 0 fully saturated rings. The SMILES string of the molecule is Cn1cc(COc2cccc(Cl)c2)c2ccc(N)cc21. The summed E-state index contributed by atoms with van der Waals surface area (Å²) in [6.45, 7) is 0.502. The highest BCUT2D eigenvalue weighted by Crippen LogP contribution is 2.25. The van der Waals surface area contributed by atoms with E-state index < -0.39 is 0 Å². The average Bonchev–Trinajstić information content (AvgIpc) is 2.73. The first-order valence-corrected chi connectivity index (χ1v) is 6.73. The van der Waals surface area contributed by atoms with Gasteiger partial charge in [-0.15, -0.1) is 0 Å². The molecule has 0 spiro atoms. The topological polar surface area (TPSA) is 40.2 Å². The van der Waals surface area contributed by atoms with Gasteiger partial charge < -0.3 is 15.0 Å². The van der Waals surface area contributed by atoms with Crippen LogP contribution in [0.1, 0.15) is 5.56 Å². The number of halogens is 1. The van der Waals surface area contributed by atoms with Gasteiger partial charge in [0.1, 0.15) is 12.4 Å². The first-order chi connectivity index (χ1) is 9.63. The average molecular weight is 287 g/mol. The van der Waals surface area contributed by atoms with Crippen molar-refractivity contribution in [2.45, 2.75) is 6.61 Å². The molecule has 3 nitrogen and oxygen atoms in total. The van der Waals surface area contributed by atoms with E-state index in [0.29, 0.717) is 11.6 Å². The first-order valence-electron chi connectivity index (χ1n) is 6.35. The molecule has 0 saturated heterocycles. The van der Waals surface area contributed by atoms with Gasteiger partial charge in [0.2, 0.25) is 0 Å². The smallest absolute Gasteiger partial charge is 0.121 e. The van der Waals surface area contributed by atoms with Crippen LogP contribution in [-0.4, -0.2) is 4.57 Å². The summed E-state index contributed by atoms with van der Waals surface area (Å²) in [5.74, 6) is 0.768. The molecule has 0 aliphatic rings. The van der Waals surface area contributed by atoms with E-state index in [9.17, 15) is 0 Å². The van der Waals surface area contributed by atoms with Crippen molar-refractivity contribution in [3.8, 4) is 5.75 Å². The van der Waals surface area contributed by atoms with Crippen LogP contribution in [0.4, 0.5) is 5.69 Å². The van der Waals surface area contributed by atoms with Crippen LogP contribution >= 0.6 is 11.6 Å². The Hall–Kier alpha value is -2.13. The Bertz CT molecular complexity index is 764. The van der Waals surface area contributed by atoms with Crippen molar-refractivity contribution in [3.05, 3.63) is 59.2 Å². The lowest BCUT2D eigenvalue weighted by atomic mass is 10.2. The number of rotatable bonds is 3. The molecule has 2 aromatic carbocycles. The molecule has 2 N–H and O–H groups in total. The van der Waals surface area contributed by atoms with Crippen LogP contribution in [0.5, 0.6) is 5.75 Å². The molecule has 0 amide bonds. The summed E-state index contributed by atoms with van der Waals surface area (Å²) in [7, 11) is 2.00. The zero-order valence-corrected chi connectivity index (χ0v) is 11.9. The number of hydrogen-bond acceptors (Lipinski definition) is 2. The van der Waals surface area contributed by atoms with E-state index in [1.54, 1.807) is 0 Å². The predicted octanol–water partition coefficient (Wildman–Crippen LogP) is 3.99. The van der Waals surface area contributed by atoms with Gasteiger partial charge in [-0.1, -0.05) is 23.7 Å². The molecule has 3 rings (SSSR count). The molecule has 0 aliphatic heterocycles. The maximum absolute atomic E-state index is 5.95. The summed E-state index contributed by atoms with van der Waals surface area (Å²) in [6, 6.07) is 13.3. The van der Waals surface area contributed by atoms with E-state index in [4.69, 9.17) is 22.1 Å². The fourth-order valence-electron chi connectivity index (χ4n) is 2.32. The maximum Gasteiger partial charge on any atom is 0.121 e. The van der Waals surface area contributed by atoms with Crippen molar-refractivity contribution in [1.82, 2.24) is 4.57 Å². The lowest BCUT2D eigenvalue weighted by molar-refractivity contribution is 0.307. The third kappa shape index (κ3) is 2.45. The van der Waals surface area contributed by atoms with Crippen LogP contribution in [0.25, 0.3) is 10.9 Å². The lowest BCUT2D eigenvalue weighted by Gasteiger charge is -2.05. The molecule has 0 aliphatic carbocycles. The molecule has 1 aromatic heterocycles. The molecular formula is C16H15ClN2O. The molecule has 0 saturated carbocycles. The molecule has 3 aromatic rings. The normalized spacial score (nSPS) is 10.9. The zero-order chi connectivity index (χ0) is 14.1. The number of aryl methyl sites for hydroxylation is 1. The Morgan fingerprint density at radius 3 is 2.85 bits per heavy atom. The van der Waals surface area contributed by atoms with Gasteiger partial charge >= 0.3 is 0 Å². The molecule has 0 radical (unpaired) electrons. The minimum Gasteiger partial charge on any atom is -0.489 e. The minimum atomic E-state index is 0.502. The third-order valence-corrected chi connectivity index (χ3v) is 3.52. The Morgan fingerprint density at radius 1 is 1.20 bits per heavy atom. The number of anilines is 1. The minimum absolute atomic E-state index is 0.502. The number of ether oxygens (including phenoxy) is 1. The lowest BCUT2D eigenvalue weighted by Crippen LogP contribution is -1.94. The quantitative estimate of drug-likeness (QED) is 0.740. The van der Waals surface area contributed by atoms with Crippen molar-refractivity contribution in [3.63, 3.8) is 0 Å². The van der Waals surface area contributed by atoms with Gasteiger partial charge in [0.15, 0.2) is 0 Å². The van der Waals surface area contributed by atoms with E-state index >= 15 is 0 Å². The van der Waals surface area contributed by atoms with Crippen LogP contribution in [0.15, 0.2) is 48.7 Å². The second kappa shape index (κ2) is 5.10. The molecule has 0 bridgehead atoms. The number of benzene rings is 2. The van der Waals surface area contributed by atoms with Crippen molar-refractivity contribution in [2.24, 2.45) is 7.05 Å². The second-order valence-corrected chi connectivity index (χ2v) is 5.22. The van der Waals surface area contributed by atoms with Crippen LogP contribution in [-0.2, 0) is 13.7 Å². The number of aromatic nitrogens is 1. The van der Waals surface area contributed by atoms with E-state index in [0.717, 1.165) is 27.9 Å². The fraction of sp³-hybridized carbons (Fsp3) is 0.125. The molecule has 0 atom stereocenters. The summed E-state index contributed by atoms with van der Waals surface area (Å²) in [5, 5.41) is 1.83. The Kier molecular flexibility index (Phi) is 3.28. The van der Waals surface area contributed by atoms with Crippen molar-refractivity contribution >= 4 is 28.2 Å². The first kappa shape index (κ1) is 12.9. The van der Waals surface area contributed by atoms with Gasteiger partial charge in [0.05, 0.1) is 5.52 Å². The number of nitrogen functional groups attached to an aromatic ring is 1. The molecule has 102 valence electrons. The largest absolute Gasteiger partial charge is 0.489 e. The molecule has 0 unspecified atom stereocenters. The van der Waals surface area contributed by atoms with Crippen molar-refractivity contribution in [2.75, 3.05) is 5.73 Å². The molecular weight excluding hydrogens is 272 g/mol. The number of fused-ring (bicyclic) bond motifs is 1. The number of hydrogen-bond donors (Lipinski definition) is 1. The highest BCUT2D eigenvalue weighted by Gasteiger charge is 2.07. The highest BCUT2D eigenvalue weighted by atomic mass is 35.5. The third-order valence-electron chi connectivity index (χ3n) is 3.29. The Labute approximate surface area is 122 Å². The fourth-order valence-corrected chi connectivity index (χ4v) is 2.50. The van der Waals surface area contributed by atoms with Gasteiger partial charge in [-0.25, -0.2) is 0 Å². The summed E-state index contributed by atoms with van der Waals surface area (Å²) in [6.07, 6.45) is 2.06. The Morgan fingerprint density at radius 2 is 2.05 bits per heavy atom. The van der Waals surface area contributed by atoms with Gasteiger partial charge in [-0.3, -0.25) is 0 Å². The van der Waals surface area contributed by atoms with Crippen molar-refractivity contribution < 1.29 is 4.74 Å². The summed E-state index contributed by atoms with van der Waals surface area (Å²) in [5.41, 5.74) is 8.82. The summed E-state index contributed by atoms with van der Waals surface area (Å²) >= 11 is 5.95. The van der Waals surface area contributed by atoms with Crippen LogP contribution in [0, 0.1) is 0 Å².